The van der Waals surface area contributed by atoms with Crippen LogP contribution >= 0.6 is 0 Å². The predicted molar refractivity (Wildman–Crippen MR) is 205 cm³/mol. The van der Waals surface area contributed by atoms with Gasteiger partial charge in [-0.25, -0.2) is 15.0 Å². The Hall–Kier alpha value is -6.85. The van der Waals surface area contributed by atoms with Crippen molar-refractivity contribution in [2.75, 3.05) is 0 Å². The van der Waals surface area contributed by atoms with Gasteiger partial charge in [-0.2, -0.15) is 0 Å². The van der Waals surface area contributed by atoms with E-state index in [2.05, 4.69) is 125 Å². The monoisotopic (exact) mass is 639 g/mol. The van der Waals surface area contributed by atoms with Gasteiger partial charge < -0.3 is 9.13 Å². The summed E-state index contributed by atoms with van der Waals surface area (Å²) in [6.07, 6.45) is 2.16. The van der Waals surface area contributed by atoms with Crippen molar-refractivity contribution in [1.29, 1.82) is 0 Å². The van der Waals surface area contributed by atoms with E-state index in [9.17, 15) is 0 Å². The van der Waals surface area contributed by atoms with Crippen molar-refractivity contribution in [3.8, 4) is 45.5 Å². The molecule has 0 bridgehead atoms. The molecule has 0 unspecified atom stereocenters. The van der Waals surface area contributed by atoms with Gasteiger partial charge in [0.25, 0.3) is 0 Å². The Kier molecular flexibility index (Phi) is 6.42. The highest BCUT2D eigenvalue weighted by Gasteiger charge is 2.17. The molecule has 0 fully saturated rings. The molecule has 0 saturated heterocycles. The van der Waals surface area contributed by atoms with E-state index < -0.39 is 0 Å². The lowest BCUT2D eigenvalue weighted by atomic mass is 10.0. The zero-order valence-corrected chi connectivity index (χ0v) is 27.0. The van der Waals surface area contributed by atoms with Gasteiger partial charge in [0.05, 0.1) is 16.6 Å². The van der Waals surface area contributed by atoms with Crippen molar-refractivity contribution in [3.63, 3.8) is 0 Å². The molecule has 3 heterocycles. The fraction of sp³-hybridized carbons (Fsp3) is 0. The fourth-order valence-corrected chi connectivity index (χ4v) is 7.22. The minimum Gasteiger partial charge on any atom is -0.317 e. The van der Waals surface area contributed by atoms with Crippen LogP contribution in [0, 0.1) is 0 Å². The molecule has 3 aromatic heterocycles. The Labute approximate surface area is 288 Å². The number of benzene rings is 7. The largest absolute Gasteiger partial charge is 0.317 e. The van der Waals surface area contributed by atoms with E-state index in [0.29, 0.717) is 17.5 Å². The first-order chi connectivity index (χ1) is 24.8. The Morgan fingerprint density at radius 2 is 0.960 bits per heavy atom. The minimum absolute atomic E-state index is 0.635. The van der Waals surface area contributed by atoms with Crippen LogP contribution in [0.25, 0.3) is 89.0 Å². The molecule has 10 aromatic rings. The lowest BCUT2D eigenvalue weighted by Crippen LogP contribution is -2.01. The molecule has 5 nitrogen and oxygen atoms in total. The summed E-state index contributed by atoms with van der Waals surface area (Å²) in [5, 5.41) is 6.10. The maximum atomic E-state index is 4.98. The van der Waals surface area contributed by atoms with Crippen LogP contribution in [0.2, 0.25) is 0 Å². The Balaban J connectivity index is 1.16. The second-order valence-corrected chi connectivity index (χ2v) is 12.6. The highest BCUT2D eigenvalue weighted by molar-refractivity contribution is 6.20. The van der Waals surface area contributed by atoms with Crippen molar-refractivity contribution in [2.24, 2.45) is 0 Å². The average Bonchev–Trinajstić information content (AvgIpc) is 3.77. The maximum absolute atomic E-state index is 4.98. The minimum atomic E-state index is 0.635. The van der Waals surface area contributed by atoms with E-state index in [1.807, 2.05) is 60.7 Å². The molecule has 10 rings (SSSR count). The number of nitrogens with zero attached hydrogens (tertiary/aromatic N) is 5. The third kappa shape index (κ3) is 4.60. The first-order valence-electron chi connectivity index (χ1n) is 16.8. The van der Waals surface area contributed by atoms with Gasteiger partial charge >= 0.3 is 0 Å². The van der Waals surface area contributed by atoms with Crippen LogP contribution in [0.3, 0.4) is 0 Å². The first-order valence-corrected chi connectivity index (χ1v) is 16.8. The van der Waals surface area contributed by atoms with Gasteiger partial charge in [-0.15, -0.1) is 0 Å². The van der Waals surface area contributed by atoms with Gasteiger partial charge in [0.15, 0.2) is 17.5 Å². The van der Waals surface area contributed by atoms with Crippen LogP contribution in [-0.2, 0) is 0 Å². The van der Waals surface area contributed by atoms with E-state index in [1.54, 1.807) is 0 Å². The van der Waals surface area contributed by atoms with Gasteiger partial charge in [-0.3, -0.25) is 0 Å². The summed E-state index contributed by atoms with van der Waals surface area (Å²) in [5.41, 5.74) is 8.56. The number of fused-ring (bicyclic) bond motifs is 6. The lowest BCUT2D eigenvalue weighted by molar-refractivity contribution is 1.07. The van der Waals surface area contributed by atoms with Crippen LogP contribution in [-0.4, -0.2) is 24.1 Å². The molecule has 0 spiro atoms. The van der Waals surface area contributed by atoms with E-state index >= 15 is 0 Å². The second-order valence-electron chi connectivity index (χ2n) is 12.6. The third-order valence-corrected chi connectivity index (χ3v) is 9.56. The van der Waals surface area contributed by atoms with Crippen LogP contribution in [0.1, 0.15) is 0 Å². The molecule has 50 heavy (non-hydrogen) atoms. The molecule has 0 atom stereocenters. The van der Waals surface area contributed by atoms with E-state index in [1.165, 1.54) is 38.0 Å². The SMILES string of the molecule is c1ccc(-c2nc(-c3ccccc3)nc(-c3cccc(-n4ccc5cc6ccc7c8ccccc8n(-c8ccccc8)c7c6cc54)c3)n2)cc1. The highest BCUT2D eigenvalue weighted by atomic mass is 15.0. The van der Waals surface area contributed by atoms with Crippen molar-refractivity contribution in [1.82, 2.24) is 24.1 Å². The first kappa shape index (κ1) is 28.2. The van der Waals surface area contributed by atoms with Gasteiger partial charge in [0.2, 0.25) is 0 Å². The molecule has 0 aliphatic rings. The molecule has 0 aliphatic carbocycles. The molecule has 0 N–H and O–H groups in total. The molecule has 0 radical (unpaired) electrons. The fourth-order valence-electron chi connectivity index (χ4n) is 7.22. The molecule has 234 valence electrons. The average molecular weight is 640 g/mol. The number of aromatic nitrogens is 5. The normalized spacial score (nSPS) is 11.6. The van der Waals surface area contributed by atoms with Crippen molar-refractivity contribution >= 4 is 43.5 Å². The molecule has 5 heteroatoms. The standard InChI is InChI=1S/C45H29N5/c1-4-13-30(14-5-1)43-46-44(31-15-6-2-7-16-31)48-45(47-43)34-17-12-20-36(28-34)49-26-25-33-27-32-23-24-38-37-21-10-11-22-40(37)50(35-18-8-3-9-19-35)42(38)39(32)29-41(33)49/h1-29H. The summed E-state index contributed by atoms with van der Waals surface area (Å²) in [6.45, 7) is 0. The molecule has 7 aromatic carbocycles. The zero-order chi connectivity index (χ0) is 33.0. The number of hydrogen-bond donors (Lipinski definition) is 0. The predicted octanol–water partition coefficient (Wildman–Crippen LogP) is 11.1. The van der Waals surface area contributed by atoms with Gasteiger partial charge in [-0.05, 0) is 53.9 Å². The Morgan fingerprint density at radius 1 is 0.360 bits per heavy atom. The summed E-state index contributed by atoms with van der Waals surface area (Å²) in [5.74, 6) is 1.93. The Bertz CT molecular complexity index is 2800. The van der Waals surface area contributed by atoms with Crippen molar-refractivity contribution < 1.29 is 0 Å². The van der Waals surface area contributed by atoms with Crippen LogP contribution in [0.15, 0.2) is 176 Å². The molecule has 0 saturated carbocycles. The molecule has 0 amide bonds. The summed E-state index contributed by atoms with van der Waals surface area (Å²) >= 11 is 0. The topological polar surface area (TPSA) is 48.5 Å². The molecular formula is C45H29N5. The molecular weight excluding hydrogens is 611 g/mol. The quantitative estimate of drug-likeness (QED) is 0.188. The number of hydrogen-bond acceptors (Lipinski definition) is 3. The van der Waals surface area contributed by atoms with Crippen LogP contribution in [0.4, 0.5) is 0 Å². The van der Waals surface area contributed by atoms with Crippen molar-refractivity contribution in [3.05, 3.63) is 176 Å². The van der Waals surface area contributed by atoms with Crippen molar-refractivity contribution in [2.45, 2.75) is 0 Å². The van der Waals surface area contributed by atoms with E-state index in [-0.39, 0.29) is 0 Å². The molecule has 0 aliphatic heterocycles. The smallest absolute Gasteiger partial charge is 0.164 e. The second kappa shape index (κ2) is 11.4. The summed E-state index contributed by atoms with van der Waals surface area (Å²) in [7, 11) is 0. The number of para-hydroxylation sites is 2. The Morgan fingerprint density at radius 3 is 1.68 bits per heavy atom. The third-order valence-electron chi connectivity index (χ3n) is 9.56. The zero-order valence-electron chi connectivity index (χ0n) is 27.0. The van der Waals surface area contributed by atoms with Gasteiger partial charge in [0, 0.05) is 55.8 Å². The number of rotatable bonds is 5. The van der Waals surface area contributed by atoms with E-state index in [0.717, 1.165) is 33.6 Å². The van der Waals surface area contributed by atoms with Crippen LogP contribution in [0.5, 0.6) is 0 Å². The van der Waals surface area contributed by atoms with Gasteiger partial charge in [0.1, 0.15) is 0 Å². The maximum Gasteiger partial charge on any atom is 0.164 e. The lowest BCUT2D eigenvalue weighted by Gasteiger charge is -2.12. The van der Waals surface area contributed by atoms with E-state index in [4.69, 9.17) is 15.0 Å². The highest BCUT2D eigenvalue weighted by Crippen LogP contribution is 2.38. The summed E-state index contributed by atoms with van der Waals surface area (Å²) in [6, 6.07) is 59.4. The van der Waals surface area contributed by atoms with Crippen LogP contribution < -0.4 is 0 Å². The summed E-state index contributed by atoms with van der Waals surface area (Å²) in [4.78, 5) is 14.9. The van der Waals surface area contributed by atoms with Gasteiger partial charge in [-0.1, -0.05) is 121 Å². The summed E-state index contributed by atoms with van der Waals surface area (Å²) < 4.78 is 4.67.